The second kappa shape index (κ2) is 6.34. The van der Waals surface area contributed by atoms with Gasteiger partial charge < -0.3 is 9.84 Å². The van der Waals surface area contributed by atoms with Gasteiger partial charge in [0.15, 0.2) is 11.6 Å². The molecular formula is C16H9F7O2S. The molecular weight excluding hydrogens is 389 g/mol. The van der Waals surface area contributed by atoms with Crippen LogP contribution in [0, 0.1) is 11.6 Å². The number of fused-ring (bicyclic) bond motifs is 1. The molecule has 0 aliphatic heterocycles. The lowest BCUT2D eigenvalue weighted by atomic mass is 10.1. The third-order valence-electron chi connectivity index (χ3n) is 3.70. The van der Waals surface area contributed by atoms with Gasteiger partial charge in [-0.2, -0.15) is 13.2 Å². The molecule has 1 atom stereocenters. The van der Waals surface area contributed by atoms with Crippen molar-refractivity contribution in [3.05, 3.63) is 53.1 Å². The van der Waals surface area contributed by atoms with Crippen molar-refractivity contribution in [2.75, 3.05) is 0 Å². The Balaban J connectivity index is 2.04. The van der Waals surface area contributed by atoms with E-state index in [9.17, 15) is 35.8 Å². The normalized spacial score (nSPS) is 18.7. The fourth-order valence-corrected chi connectivity index (χ4v) is 3.36. The number of aliphatic hydroxyl groups excluding tert-OH is 1. The average molecular weight is 398 g/mol. The Labute approximate surface area is 146 Å². The van der Waals surface area contributed by atoms with Crippen LogP contribution in [0.3, 0.4) is 0 Å². The quantitative estimate of drug-likeness (QED) is 0.540. The summed E-state index contributed by atoms with van der Waals surface area (Å²) >= 11 is -0.628. The maximum atomic E-state index is 13.9. The van der Waals surface area contributed by atoms with Crippen molar-refractivity contribution in [1.82, 2.24) is 0 Å². The Bertz CT molecular complexity index is 851. The van der Waals surface area contributed by atoms with Gasteiger partial charge in [0.05, 0.1) is 0 Å². The fourth-order valence-electron chi connectivity index (χ4n) is 2.63. The summed E-state index contributed by atoms with van der Waals surface area (Å²) in [7, 11) is 0. The molecule has 10 heteroatoms. The zero-order chi connectivity index (χ0) is 19.3. The van der Waals surface area contributed by atoms with Crippen LogP contribution >= 0.6 is 11.8 Å². The van der Waals surface area contributed by atoms with E-state index in [2.05, 4.69) is 0 Å². The first-order chi connectivity index (χ1) is 12.0. The van der Waals surface area contributed by atoms with Gasteiger partial charge in [0.2, 0.25) is 0 Å². The first-order valence-corrected chi connectivity index (χ1v) is 7.90. The van der Waals surface area contributed by atoms with Gasteiger partial charge in [-0.25, -0.2) is 17.6 Å². The van der Waals surface area contributed by atoms with Gasteiger partial charge in [0.25, 0.3) is 5.92 Å². The first kappa shape index (κ1) is 18.8. The number of alkyl halides is 5. The minimum Gasteiger partial charge on any atom is -0.457 e. The summed E-state index contributed by atoms with van der Waals surface area (Å²) in [5, 5.41) is 9.76. The maximum absolute atomic E-state index is 13.9. The van der Waals surface area contributed by atoms with Crippen LogP contribution in [0.5, 0.6) is 11.5 Å². The SMILES string of the molecule is OC1c2c(SC(F)(F)F)ccc(Oc3ccc(F)c(F)c3)c2CC1(F)F. The second-order valence-corrected chi connectivity index (χ2v) is 6.63. The lowest BCUT2D eigenvalue weighted by molar-refractivity contribution is -0.0977. The summed E-state index contributed by atoms with van der Waals surface area (Å²) in [5.41, 5.74) is -5.65. The molecule has 0 radical (unpaired) electrons. The summed E-state index contributed by atoms with van der Waals surface area (Å²) in [6, 6.07) is 4.36. The minimum atomic E-state index is -4.74. The number of rotatable bonds is 3. The van der Waals surface area contributed by atoms with Gasteiger partial charge in [-0.05, 0) is 36.0 Å². The predicted octanol–water partition coefficient (Wildman–Crippen LogP) is 5.59. The van der Waals surface area contributed by atoms with Crippen molar-refractivity contribution in [2.24, 2.45) is 0 Å². The third-order valence-corrected chi connectivity index (χ3v) is 4.51. The zero-order valence-corrected chi connectivity index (χ0v) is 13.4. The number of thioether (sulfide) groups is 1. The van der Waals surface area contributed by atoms with E-state index >= 15 is 0 Å². The van der Waals surface area contributed by atoms with Gasteiger partial charge in [0, 0.05) is 28.5 Å². The molecule has 3 rings (SSSR count). The van der Waals surface area contributed by atoms with Crippen LogP contribution in [0.25, 0.3) is 0 Å². The Hall–Kier alpha value is -1.94. The summed E-state index contributed by atoms with van der Waals surface area (Å²) in [6.45, 7) is 0. The van der Waals surface area contributed by atoms with Crippen molar-refractivity contribution in [3.63, 3.8) is 0 Å². The molecule has 0 bridgehead atoms. The fraction of sp³-hybridized carbons (Fsp3) is 0.250. The molecule has 0 heterocycles. The van der Waals surface area contributed by atoms with Crippen molar-refractivity contribution >= 4 is 11.8 Å². The zero-order valence-electron chi connectivity index (χ0n) is 12.6. The number of hydrogen-bond acceptors (Lipinski definition) is 3. The monoisotopic (exact) mass is 398 g/mol. The number of benzene rings is 2. The Kier molecular flexibility index (Phi) is 4.60. The van der Waals surface area contributed by atoms with E-state index in [-0.39, 0.29) is 17.1 Å². The lowest BCUT2D eigenvalue weighted by Crippen LogP contribution is -2.21. The van der Waals surface area contributed by atoms with Crippen LogP contribution in [0.4, 0.5) is 30.7 Å². The molecule has 0 amide bonds. The first-order valence-electron chi connectivity index (χ1n) is 7.08. The Morgan fingerprint density at radius 3 is 2.38 bits per heavy atom. The highest BCUT2D eigenvalue weighted by molar-refractivity contribution is 8.00. The van der Waals surface area contributed by atoms with Crippen molar-refractivity contribution in [2.45, 2.75) is 28.9 Å². The van der Waals surface area contributed by atoms with E-state index in [0.29, 0.717) is 6.07 Å². The van der Waals surface area contributed by atoms with Gasteiger partial charge >= 0.3 is 5.51 Å². The van der Waals surface area contributed by atoms with Gasteiger partial charge in [-0.15, -0.1) is 0 Å². The summed E-state index contributed by atoms with van der Waals surface area (Å²) in [5.74, 6) is -6.58. The molecule has 1 aliphatic rings. The highest BCUT2D eigenvalue weighted by Gasteiger charge is 2.50. The standard InChI is InChI=1S/C16H9F7O2S/c17-9-2-1-7(5-10(9)18)25-11-3-4-12(26-16(21,22)23)13-8(11)6-15(19,20)14(13)24/h1-5,14,24H,6H2. The largest absolute Gasteiger partial charge is 0.457 e. The van der Waals surface area contributed by atoms with Crippen molar-refractivity contribution < 1.29 is 40.6 Å². The van der Waals surface area contributed by atoms with E-state index in [1.165, 1.54) is 0 Å². The third kappa shape index (κ3) is 3.61. The van der Waals surface area contributed by atoms with Crippen LogP contribution < -0.4 is 4.74 Å². The van der Waals surface area contributed by atoms with Crippen LogP contribution in [0.1, 0.15) is 17.2 Å². The van der Waals surface area contributed by atoms with Crippen LogP contribution in [-0.2, 0) is 6.42 Å². The smallest absolute Gasteiger partial charge is 0.446 e. The summed E-state index contributed by atoms with van der Waals surface area (Å²) in [4.78, 5) is -0.574. The van der Waals surface area contributed by atoms with Crippen LogP contribution in [-0.4, -0.2) is 16.5 Å². The lowest BCUT2D eigenvalue weighted by Gasteiger charge is -2.17. The summed E-state index contributed by atoms with van der Waals surface area (Å²) in [6.07, 6.45) is -3.48. The second-order valence-electron chi connectivity index (χ2n) is 5.52. The molecule has 0 saturated heterocycles. The number of hydrogen-bond donors (Lipinski definition) is 1. The number of halogens is 7. The van der Waals surface area contributed by atoms with E-state index in [0.717, 1.165) is 24.3 Å². The molecule has 140 valence electrons. The minimum absolute atomic E-state index is 0.230. The maximum Gasteiger partial charge on any atom is 0.446 e. The molecule has 26 heavy (non-hydrogen) atoms. The highest BCUT2D eigenvalue weighted by Crippen LogP contribution is 2.52. The molecule has 0 aromatic heterocycles. The molecule has 1 unspecified atom stereocenters. The van der Waals surface area contributed by atoms with E-state index in [1.54, 1.807) is 0 Å². The molecule has 2 aromatic rings. The predicted molar refractivity (Wildman–Crippen MR) is 78.4 cm³/mol. The van der Waals surface area contributed by atoms with Crippen LogP contribution in [0.2, 0.25) is 0 Å². The Morgan fingerprint density at radius 1 is 1.08 bits per heavy atom. The van der Waals surface area contributed by atoms with Crippen molar-refractivity contribution in [3.8, 4) is 11.5 Å². The number of ether oxygens (including phenoxy) is 1. The molecule has 1 N–H and O–H groups in total. The topological polar surface area (TPSA) is 29.5 Å². The molecule has 0 saturated carbocycles. The van der Waals surface area contributed by atoms with E-state index < -0.39 is 57.8 Å². The average Bonchev–Trinajstić information content (AvgIpc) is 2.75. The molecule has 0 fully saturated rings. The molecule has 2 aromatic carbocycles. The summed E-state index contributed by atoms with van der Waals surface area (Å²) < 4.78 is 97.1. The molecule has 1 aliphatic carbocycles. The van der Waals surface area contributed by atoms with Crippen molar-refractivity contribution in [1.29, 1.82) is 0 Å². The Morgan fingerprint density at radius 2 is 1.77 bits per heavy atom. The van der Waals surface area contributed by atoms with Gasteiger partial charge in [-0.3, -0.25) is 0 Å². The highest BCUT2D eigenvalue weighted by atomic mass is 32.2. The van der Waals surface area contributed by atoms with Gasteiger partial charge in [0.1, 0.15) is 17.6 Å². The van der Waals surface area contributed by atoms with E-state index in [1.807, 2.05) is 0 Å². The molecule has 2 nitrogen and oxygen atoms in total. The number of aliphatic hydroxyl groups is 1. The van der Waals surface area contributed by atoms with E-state index in [4.69, 9.17) is 4.74 Å². The van der Waals surface area contributed by atoms with Gasteiger partial charge in [-0.1, -0.05) is 0 Å². The van der Waals surface area contributed by atoms with Crippen LogP contribution in [0.15, 0.2) is 35.2 Å². The molecule has 0 spiro atoms.